The van der Waals surface area contributed by atoms with Crippen molar-refractivity contribution in [1.29, 1.82) is 0 Å². The van der Waals surface area contributed by atoms with Crippen molar-refractivity contribution in [3.63, 3.8) is 0 Å². The van der Waals surface area contributed by atoms with Crippen LogP contribution in [0.25, 0.3) is 0 Å². The van der Waals surface area contributed by atoms with E-state index < -0.39 is 0 Å². The molecule has 0 saturated heterocycles. The highest BCUT2D eigenvalue weighted by Gasteiger charge is 2.32. The van der Waals surface area contributed by atoms with Crippen molar-refractivity contribution in [3.8, 4) is 11.5 Å². The molecule has 1 aliphatic heterocycles. The molecular formula is C22H19NO2. The van der Waals surface area contributed by atoms with Crippen LogP contribution in [0, 0.1) is 0 Å². The molecule has 25 heavy (non-hydrogen) atoms. The summed E-state index contributed by atoms with van der Waals surface area (Å²) in [6, 6.07) is 25.4. The second-order valence-electron chi connectivity index (χ2n) is 6.25. The van der Waals surface area contributed by atoms with E-state index in [-0.39, 0.29) is 17.9 Å². The van der Waals surface area contributed by atoms with E-state index in [0.717, 1.165) is 28.2 Å². The Labute approximate surface area is 147 Å². The summed E-state index contributed by atoms with van der Waals surface area (Å²) in [4.78, 5) is 13.1. The Kier molecular flexibility index (Phi) is 3.98. The lowest BCUT2D eigenvalue weighted by Crippen LogP contribution is -2.33. The number of rotatable bonds is 3. The molecule has 1 heterocycles. The summed E-state index contributed by atoms with van der Waals surface area (Å²) in [5.74, 6) is 1.11. The third kappa shape index (κ3) is 2.89. The summed E-state index contributed by atoms with van der Waals surface area (Å²) in [6.45, 7) is 2.00. The molecule has 1 atom stereocenters. The number of amides is 1. The number of hydrogen-bond donors (Lipinski definition) is 1. The average molecular weight is 329 g/mol. The van der Waals surface area contributed by atoms with E-state index in [2.05, 4.69) is 5.32 Å². The minimum atomic E-state index is -0.368. The zero-order valence-electron chi connectivity index (χ0n) is 14.0. The van der Waals surface area contributed by atoms with Gasteiger partial charge in [-0.3, -0.25) is 4.79 Å². The summed E-state index contributed by atoms with van der Waals surface area (Å²) >= 11 is 0. The largest absolute Gasteiger partial charge is 0.457 e. The smallest absolute Gasteiger partial charge is 0.232 e. The van der Waals surface area contributed by atoms with Gasteiger partial charge in [0.1, 0.15) is 11.5 Å². The Morgan fingerprint density at radius 3 is 1.96 bits per heavy atom. The van der Waals surface area contributed by atoms with Crippen molar-refractivity contribution in [3.05, 3.63) is 95.6 Å². The summed E-state index contributed by atoms with van der Waals surface area (Å²) in [5.41, 5.74) is 2.89. The van der Waals surface area contributed by atoms with Crippen LogP contribution in [0.5, 0.6) is 11.5 Å². The lowest BCUT2D eigenvalue weighted by molar-refractivity contribution is -0.122. The third-order valence-corrected chi connectivity index (χ3v) is 4.60. The monoisotopic (exact) mass is 329 g/mol. The number of ether oxygens (including phenoxy) is 1. The van der Waals surface area contributed by atoms with Crippen molar-refractivity contribution >= 4 is 5.91 Å². The van der Waals surface area contributed by atoms with Crippen LogP contribution in [0.15, 0.2) is 78.9 Å². The van der Waals surface area contributed by atoms with Gasteiger partial charge in [-0.2, -0.15) is 0 Å². The van der Waals surface area contributed by atoms with E-state index in [1.165, 1.54) is 0 Å². The molecule has 0 radical (unpaired) electrons. The lowest BCUT2D eigenvalue weighted by Gasteiger charge is -2.28. The van der Waals surface area contributed by atoms with E-state index in [1.807, 2.05) is 85.8 Å². The van der Waals surface area contributed by atoms with Gasteiger partial charge in [0.2, 0.25) is 5.91 Å². The fourth-order valence-corrected chi connectivity index (χ4v) is 3.31. The Hall–Kier alpha value is -3.07. The van der Waals surface area contributed by atoms with E-state index in [4.69, 9.17) is 4.74 Å². The molecule has 0 bridgehead atoms. The number of benzene rings is 3. The van der Waals surface area contributed by atoms with Gasteiger partial charge in [-0.25, -0.2) is 0 Å². The maximum absolute atomic E-state index is 13.1. The fourth-order valence-electron chi connectivity index (χ4n) is 3.31. The highest BCUT2D eigenvalue weighted by molar-refractivity contribution is 5.89. The van der Waals surface area contributed by atoms with Gasteiger partial charge < -0.3 is 10.1 Å². The van der Waals surface area contributed by atoms with Crippen molar-refractivity contribution in [1.82, 2.24) is 5.32 Å². The number of hydrogen-bond acceptors (Lipinski definition) is 2. The molecule has 3 aromatic carbocycles. The van der Waals surface area contributed by atoms with E-state index in [1.54, 1.807) is 0 Å². The van der Waals surface area contributed by atoms with Gasteiger partial charge in [0.15, 0.2) is 0 Å². The van der Waals surface area contributed by atoms with E-state index in [9.17, 15) is 4.79 Å². The molecule has 124 valence electrons. The molecular weight excluding hydrogens is 310 g/mol. The summed E-state index contributed by atoms with van der Waals surface area (Å²) in [7, 11) is 0. The number of carbonyl (C=O) groups excluding carboxylic acids is 1. The number of para-hydroxylation sites is 2. The first-order chi connectivity index (χ1) is 12.2. The maximum atomic E-state index is 13.1. The third-order valence-electron chi connectivity index (χ3n) is 4.60. The minimum absolute atomic E-state index is 0.0143. The molecule has 1 aliphatic rings. The van der Waals surface area contributed by atoms with Crippen LogP contribution in [0.4, 0.5) is 0 Å². The second kappa shape index (κ2) is 6.44. The summed E-state index contributed by atoms with van der Waals surface area (Å²) in [6.07, 6.45) is 0. The molecule has 0 unspecified atom stereocenters. The summed E-state index contributed by atoms with van der Waals surface area (Å²) in [5, 5.41) is 3.15. The summed E-state index contributed by atoms with van der Waals surface area (Å²) < 4.78 is 5.97. The lowest BCUT2D eigenvalue weighted by atomic mass is 9.87. The van der Waals surface area contributed by atoms with Gasteiger partial charge >= 0.3 is 0 Å². The Balaban J connectivity index is 1.68. The van der Waals surface area contributed by atoms with Gasteiger partial charge in [-0.15, -0.1) is 0 Å². The first kappa shape index (κ1) is 15.5. The van der Waals surface area contributed by atoms with Crippen molar-refractivity contribution < 1.29 is 9.53 Å². The van der Waals surface area contributed by atoms with Crippen LogP contribution in [0.2, 0.25) is 0 Å². The normalized spacial score (nSPS) is 14.0. The molecule has 3 nitrogen and oxygen atoms in total. The molecule has 0 aromatic heterocycles. The van der Waals surface area contributed by atoms with Crippen molar-refractivity contribution in [2.45, 2.75) is 18.9 Å². The minimum Gasteiger partial charge on any atom is -0.457 e. The number of nitrogens with one attached hydrogen (secondary N) is 1. The van der Waals surface area contributed by atoms with Gasteiger partial charge in [-0.1, -0.05) is 66.7 Å². The molecule has 1 amide bonds. The predicted molar refractivity (Wildman–Crippen MR) is 97.8 cm³/mol. The SMILES string of the molecule is C[C@@H](NC(=O)C1c2ccccc2Oc2ccccc21)c1ccccc1. The predicted octanol–water partition coefficient (Wildman–Crippen LogP) is 4.80. The van der Waals surface area contributed by atoms with Crippen LogP contribution in [-0.2, 0) is 4.79 Å². The van der Waals surface area contributed by atoms with E-state index >= 15 is 0 Å². The second-order valence-corrected chi connectivity index (χ2v) is 6.25. The number of fused-ring (bicyclic) bond motifs is 2. The van der Waals surface area contributed by atoms with Crippen molar-refractivity contribution in [2.75, 3.05) is 0 Å². The Morgan fingerprint density at radius 2 is 1.36 bits per heavy atom. The van der Waals surface area contributed by atoms with Gasteiger partial charge in [0.05, 0.1) is 12.0 Å². The highest BCUT2D eigenvalue weighted by Crippen LogP contribution is 2.44. The zero-order chi connectivity index (χ0) is 17.2. The zero-order valence-corrected chi connectivity index (χ0v) is 14.0. The topological polar surface area (TPSA) is 38.3 Å². The van der Waals surface area contributed by atoms with E-state index in [0.29, 0.717) is 0 Å². The van der Waals surface area contributed by atoms with Crippen molar-refractivity contribution in [2.24, 2.45) is 0 Å². The molecule has 0 saturated carbocycles. The van der Waals surface area contributed by atoms with Crippen LogP contribution >= 0.6 is 0 Å². The highest BCUT2D eigenvalue weighted by atomic mass is 16.5. The maximum Gasteiger partial charge on any atom is 0.232 e. The standard InChI is InChI=1S/C22H19NO2/c1-15(16-9-3-2-4-10-16)23-22(24)21-17-11-5-7-13-19(17)25-20-14-8-6-12-18(20)21/h2-15,21H,1H3,(H,23,24)/t15-/m1/s1. The van der Waals surface area contributed by atoms with Gasteiger partial charge in [0, 0.05) is 11.1 Å². The van der Waals surface area contributed by atoms with Crippen LogP contribution in [0.1, 0.15) is 35.6 Å². The molecule has 0 spiro atoms. The van der Waals surface area contributed by atoms with Crippen LogP contribution < -0.4 is 10.1 Å². The van der Waals surface area contributed by atoms with Gasteiger partial charge in [-0.05, 0) is 24.6 Å². The molecule has 0 aliphatic carbocycles. The molecule has 1 N–H and O–H groups in total. The fraction of sp³-hybridized carbons (Fsp3) is 0.136. The van der Waals surface area contributed by atoms with Crippen LogP contribution in [0.3, 0.4) is 0 Å². The van der Waals surface area contributed by atoms with Gasteiger partial charge in [0.25, 0.3) is 0 Å². The quantitative estimate of drug-likeness (QED) is 0.749. The molecule has 3 heteroatoms. The molecule has 0 fully saturated rings. The molecule has 3 aromatic rings. The molecule has 4 rings (SSSR count). The number of carbonyl (C=O) groups is 1. The average Bonchev–Trinajstić information content (AvgIpc) is 2.66. The first-order valence-electron chi connectivity index (χ1n) is 8.45. The Morgan fingerprint density at radius 1 is 0.840 bits per heavy atom. The Bertz CT molecular complexity index is 859. The first-order valence-corrected chi connectivity index (χ1v) is 8.45. The van der Waals surface area contributed by atoms with Crippen LogP contribution in [-0.4, -0.2) is 5.91 Å².